The van der Waals surface area contributed by atoms with E-state index in [9.17, 15) is 4.79 Å². The Labute approximate surface area is 139 Å². The molecule has 0 unspecified atom stereocenters. The normalized spacial score (nSPS) is 15.3. The highest BCUT2D eigenvalue weighted by Crippen LogP contribution is 2.15. The molecular weight excluding hydrogens is 300 g/mol. The van der Waals surface area contributed by atoms with Crippen LogP contribution >= 0.6 is 12.4 Å². The Morgan fingerprint density at radius 2 is 1.82 bits per heavy atom. The first-order valence-corrected chi connectivity index (χ1v) is 7.61. The van der Waals surface area contributed by atoms with Crippen molar-refractivity contribution in [3.8, 4) is 0 Å². The molecule has 0 aliphatic carbocycles. The number of amides is 1. The van der Waals surface area contributed by atoms with Gasteiger partial charge in [0.2, 0.25) is 5.91 Å². The minimum absolute atomic E-state index is 0. The van der Waals surface area contributed by atoms with Crippen molar-refractivity contribution in [1.29, 1.82) is 0 Å². The number of anilines is 1. The van der Waals surface area contributed by atoms with Crippen molar-refractivity contribution in [2.24, 2.45) is 0 Å². The largest absolute Gasteiger partial charge is 0.369 e. The maximum atomic E-state index is 11.7. The van der Waals surface area contributed by atoms with Crippen LogP contribution in [0.5, 0.6) is 0 Å². The summed E-state index contributed by atoms with van der Waals surface area (Å²) in [5.41, 5.74) is 1.30. The minimum Gasteiger partial charge on any atom is -0.369 e. The molecule has 1 fully saturated rings. The molecule has 1 aromatic rings. The molecule has 1 aromatic carbocycles. The molecule has 0 saturated carbocycles. The second kappa shape index (κ2) is 9.66. The van der Waals surface area contributed by atoms with Crippen molar-refractivity contribution in [1.82, 2.24) is 15.1 Å². The zero-order chi connectivity index (χ0) is 15.1. The second-order valence-electron chi connectivity index (χ2n) is 5.51. The van der Waals surface area contributed by atoms with Crippen LogP contribution in [0.15, 0.2) is 30.3 Å². The maximum absolute atomic E-state index is 11.7. The number of halogens is 1. The van der Waals surface area contributed by atoms with Gasteiger partial charge < -0.3 is 15.1 Å². The number of hydrogen-bond acceptors (Lipinski definition) is 4. The molecule has 1 saturated heterocycles. The van der Waals surface area contributed by atoms with Crippen LogP contribution in [0.25, 0.3) is 0 Å². The Kier molecular flexibility index (Phi) is 8.24. The van der Waals surface area contributed by atoms with Gasteiger partial charge in [-0.15, -0.1) is 12.4 Å². The fraction of sp³-hybridized carbons (Fsp3) is 0.562. The zero-order valence-electron chi connectivity index (χ0n) is 13.5. The number of carbonyl (C=O) groups is 1. The highest BCUT2D eigenvalue weighted by molar-refractivity contribution is 5.85. The summed E-state index contributed by atoms with van der Waals surface area (Å²) < 4.78 is 0. The van der Waals surface area contributed by atoms with Crippen LogP contribution in [-0.4, -0.2) is 75.6 Å². The van der Waals surface area contributed by atoms with Gasteiger partial charge in [-0.05, 0) is 19.2 Å². The summed E-state index contributed by atoms with van der Waals surface area (Å²) in [5, 5.41) is 2.90. The van der Waals surface area contributed by atoms with E-state index in [0.29, 0.717) is 6.54 Å². The molecule has 0 atom stereocenters. The lowest BCUT2D eigenvalue weighted by molar-refractivity contribution is -0.129. The molecule has 1 amide bonds. The first-order chi connectivity index (χ1) is 10.2. The van der Waals surface area contributed by atoms with E-state index in [1.807, 2.05) is 7.05 Å². The van der Waals surface area contributed by atoms with Gasteiger partial charge in [0.05, 0.1) is 6.54 Å². The number of nitrogens with one attached hydrogen (secondary N) is 1. The summed E-state index contributed by atoms with van der Waals surface area (Å²) in [5.74, 6) is 0.153. The standard InChI is InChI=1S/C16H26N4O.ClH/c1-17-14-16(21)18(2)8-9-19-10-12-20(13-11-19)15-6-4-3-5-7-15;/h3-7,17H,8-14H2,1-2H3;1H. The van der Waals surface area contributed by atoms with E-state index in [0.717, 1.165) is 39.3 Å². The van der Waals surface area contributed by atoms with Gasteiger partial charge in [0.15, 0.2) is 0 Å². The number of para-hydroxylation sites is 1. The van der Waals surface area contributed by atoms with E-state index in [-0.39, 0.29) is 18.3 Å². The molecule has 22 heavy (non-hydrogen) atoms. The van der Waals surface area contributed by atoms with Crippen molar-refractivity contribution in [2.45, 2.75) is 0 Å². The lowest BCUT2D eigenvalue weighted by atomic mass is 10.2. The maximum Gasteiger partial charge on any atom is 0.236 e. The van der Waals surface area contributed by atoms with Gasteiger partial charge in [0, 0.05) is 52.0 Å². The van der Waals surface area contributed by atoms with Crippen LogP contribution in [0, 0.1) is 0 Å². The van der Waals surface area contributed by atoms with Crippen LogP contribution in [-0.2, 0) is 4.79 Å². The summed E-state index contributed by atoms with van der Waals surface area (Å²) in [6, 6.07) is 10.6. The number of nitrogens with zero attached hydrogens (tertiary/aromatic N) is 3. The van der Waals surface area contributed by atoms with Crippen molar-refractivity contribution < 1.29 is 4.79 Å². The molecule has 0 aromatic heterocycles. The molecule has 1 N–H and O–H groups in total. The van der Waals surface area contributed by atoms with Crippen LogP contribution in [0.2, 0.25) is 0 Å². The Bertz CT molecular complexity index is 435. The highest BCUT2D eigenvalue weighted by atomic mass is 35.5. The zero-order valence-corrected chi connectivity index (χ0v) is 14.3. The summed E-state index contributed by atoms with van der Waals surface area (Å²) in [6.45, 7) is 6.39. The average molecular weight is 327 g/mol. The molecule has 0 radical (unpaired) electrons. The first-order valence-electron chi connectivity index (χ1n) is 7.61. The topological polar surface area (TPSA) is 38.8 Å². The molecule has 6 heteroatoms. The van der Waals surface area contributed by atoms with Crippen LogP contribution in [0.3, 0.4) is 0 Å². The van der Waals surface area contributed by atoms with Crippen LogP contribution in [0.1, 0.15) is 0 Å². The van der Waals surface area contributed by atoms with Gasteiger partial charge in [0.1, 0.15) is 0 Å². The SMILES string of the molecule is CNCC(=O)N(C)CCN1CCN(c2ccccc2)CC1.Cl. The molecule has 5 nitrogen and oxygen atoms in total. The third-order valence-electron chi connectivity index (χ3n) is 4.00. The third kappa shape index (κ3) is 5.48. The summed E-state index contributed by atoms with van der Waals surface area (Å²) in [7, 11) is 3.68. The Morgan fingerprint density at radius 3 is 2.41 bits per heavy atom. The Balaban J connectivity index is 0.00000242. The van der Waals surface area contributed by atoms with Gasteiger partial charge in [0.25, 0.3) is 0 Å². The molecule has 124 valence electrons. The van der Waals surface area contributed by atoms with Gasteiger partial charge in [-0.3, -0.25) is 9.69 Å². The molecular formula is C16H27ClN4O. The number of likely N-dealkylation sites (N-methyl/N-ethyl adjacent to an activating group) is 2. The quantitative estimate of drug-likeness (QED) is 0.843. The molecule has 0 bridgehead atoms. The number of benzene rings is 1. The van der Waals surface area contributed by atoms with Crippen molar-refractivity contribution in [2.75, 3.05) is 64.8 Å². The lowest BCUT2D eigenvalue weighted by Crippen LogP contribution is -2.49. The molecule has 1 heterocycles. The molecule has 2 rings (SSSR count). The molecule has 1 aliphatic rings. The highest BCUT2D eigenvalue weighted by Gasteiger charge is 2.17. The monoisotopic (exact) mass is 326 g/mol. The molecule has 1 aliphatic heterocycles. The number of carbonyl (C=O) groups excluding carboxylic acids is 1. The van der Waals surface area contributed by atoms with E-state index >= 15 is 0 Å². The van der Waals surface area contributed by atoms with E-state index < -0.39 is 0 Å². The van der Waals surface area contributed by atoms with Gasteiger partial charge in [-0.1, -0.05) is 18.2 Å². The molecule has 0 spiro atoms. The summed E-state index contributed by atoms with van der Waals surface area (Å²) in [6.07, 6.45) is 0. The average Bonchev–Trinajstić information content (AvgIpc) is 2.54. The van der Waals surface area contributed by atoms with Crippen molar-refractivity contribution in [3.05, 3.63) is 30.3 Å². The third-order valence-corrected chi connectivity index (χ3v) is 4.00. The predicted octanol–water partition coefficient (Wildman–Crippen LogP) is 0.908. The fourth-order valence-electron chi connectivity index (χ4n) is 2.57. The van der Waals surface area contributed by atoms with E-state index in [2.05, 4.69) is 45.4 Å². The van der Waals surface area contributed by atoms with Crippen LogP contribution in [0.4, 0.5) is 5.69 Å². The lowest BCUT2D eigenvalue weighted by Gasteiger charge is -2.36. The first kappa shape index (κ1) is 18.7. The summed E-state index contributed by atoms with van der Waals surface area (Å²) >= 11 is 0. The fourth-order valence-corrected chi connectivity index (χ4v) is 2.57. The van der Waals surface area contributed by atoms with Gasteiger partial charge in [-0.25, -0.2) is 0 Å². The minimum atomic E-state index is 0. The van der Waals surface area contributed by atoms with E-state index in [1.165, 1.54) is 5.69 Å². The van der Waals surface area contributed by atoms with Gasteiger partial charge >= 0.3 is 0 Å². The second-order valence-corrected chi connectivity index (χ2v) is 5.51. The predicted molar refractivity (Wildman–Crippen MR) is 93.9 cm³/mol. The van der Waals surface area contributed by atoms with Gasteiger partial charge in [-0.2, -0.15) is 0 Å². The summed E-state index contributed by atoms with van der Waals surface area (Å²) in [4.78, 5) is 18.4. The van der Waals surface area contributed by atoms with Crippen molar-refractivity contribution >= 4 is 24.0 Å². The Morgan fingerprint density at radius 1 is 1.18 bits per heavy atom. The van der Waals surface area contributed by atoms with E-state index in [1.54, 1.807) is 11.9 Å². The van der Waals surface area contributed by atoms with Crippen molar-refractivity contribution in [3.63, 3.8) is 0 Å². The van der Waals surface area contributed by atoms with Crippen LogP contribution < -0.4 is 10.2 Å². The number of piperazine rings is 1. The number of hydrogen-bond donors (Lipinski definition) is 1. The van der Waals surface area contributed by atoms with E-state index in [4.69, 9.17) is 0 Å². The Hall–Kier alpha value is -1.30. The number of rotatable bonds is 6. The smallest absolute Gasteiger partial charge is 0.236 e.